The maximum absolute atomic E-state index is 2.47. The van der Waals surface area contributed by atoms with Crippen LogP contribution in [0.4, 0.5) is 0 Å². The minimum Gasteiger partial charge on any atom is -0.309 e. The lowest BCUT2D eigenvalue weighted by atomic mass is 9.82. The molecule has 312 valence electrons. The van der Waals surface area contributed by atoms with Gasteiger partial charge < -0.3 is 9.13 Å². The number of hydrogen-bond acceptors (Lipinski definition) is 0. The van der Waals surface area contributed by atoms with E-state index in [-0.39, 0.29) is 10.8 Å². The van der Waals surface area contributed by atoms with Gasteiger partial charge >= 0.3 is 0 Å². The molecular weight excluding hydrogens is 797 g/mol. The van der Waals surface area contributed by atoms with Crippen molar-refractivity contribution in [3.8, 4) is 55.9 Å². The van der Waals surface area contributed by atoms with E-state index in [1.165, 1.54) is 133 Å². The fourth-order valence-corrected chi connectivity index (χ4v) is 12.3. The quantitative estimate of drug-likeness (QED) is 0.167. The Bertz CT molecular complexity index is 3800. The molecule has 0 radical (unpaired) electrons. The molecule has 0 saturated heterocycles. The van der Waals surface area contributed by atoms with Crippen molar-refractivity contribution in [2.24, 2.45) is 0 Å². The first-order valence-electron chi connectivity index (χ1n) is 23.3. The summed E-state index contributed by atoms with van der Waals surface area (Å²) >= 11 is 0. The molecule has 2 aromatic heterocycles. The Hall–Kier alpha value is -7.94. The van der Waals surface area contributed by atoms with Crippen LogP contribution in [0.1, 0.15) is 49.9 Å². The molecule has 0 aliphatic heterocycles. The summed E-state index contributed by atoms with van der Waals surface area (Å²) in [4.78, 5) is 0. The molecule has 0 unspecified atom stereocenters. The van der Waals surface area contributed by atoms with Gasteiger partial charge in [0.1, 0.15) is 0 Å². The lowest BCUT2D eigenvalue weighted by Crippen LogP contribution is -2.15. The zero-order valence-corrected chi connectivity index (χ0v) is 37.5. The highest BCUT2D eigenvalue weighted by Crippen LogP contribution is 2.51. The molecule has 66 heavy (non-hydrogen) atoms. The van der Waals surface area contributed by atoms with Crippen LogP contribution in [0, 0.1) is 0 Å². The number of benzene rings is 10. The summed E-state index contributed by atoms with van der Waals surface area (Å²) in [6.07, 6.45) is 0. The predicted octanol–water partition coefficient (Wildman–Crippen LogP) is 17.0. The van der Waals surface area contributed by atoms with Gasteiger partial charge in [0.05, 0.1) is 22.1 Å². The molecule has 2 heteroatoms. The van der Waals surface area contributed by atoms with Crippen LogP contribution >= 0.6 is 0 Å². The van der Waals surface area contributed by atoms with Crippen molar-refractivity contribution in [3.05, 3.63) is 229 Å². The number of nitrogens with zero attached hydrogens (tertiary/aromatic N) is 2. The van der Waals surface area contributed by atoms with Gasteiger partial charge in [0.2, 0.25) is 0 Å². The minimum absolute atomic E-state index is 0.0747. The molecule has 2 nitrogen and oxygen atoms in total. The Balaban J connectivity index is 0.914. The molecule has 0 fully saturated rings. The molecule has 14 rings (SSSR count). The number of aromatic nitrogens is 2. The van der Waals surface area contributed by atoms with Gasteiger partial charge in [0.15, 0.2) is 0 Å². The number of para-hydroxylation sites is 2. The van der Waals surface area contributed by atoms with E-state index in [2.05, 4.69) is 243 Å². The third-order valence-corrected chi connectivity index (χ3v) is 15.5. The predicted molar refractivity (Wildman–Crippen MR) is 279 cm³/mol. The third kappa shape index (κ3) is 5.02. The van der Waals surface area contributed by atoms with E-state index in [1.807, 2.05) is 0 Å². The van der Waals surface area contributed by atoms with Gasteiger partial charge in [-0.15, -0.1) is 0 Å². The van der Waals surface area contributed by atoms with Gasteiger partial charge in [-0.05, 0) is 138 Å². The number of hydrogen-bond donors (Lipinski definition) is 0. The molecule has 12 aromatic rings. The Kier molecular flexibility index (Phi) is 7.55. The second kappa shape index (κ2) is 13.3. The summed E-state index contributed by atoms with van der Waals surface area (Å²) in [6, 6.07) is 77.6. The molecular formula is C64H46N2. The highest BCUT2D eigenvalue weighted by Gasteiger charge is 2.37. The van der Waals surface area contributed by atoms with Crippen molar-refractivity contribution >= 4 is 54.4 Å². The molecule has 0 amide bonds. The van der Waals surface area contributed by atoms with E-state index in [9.17, 15) is 0 Å². The van der Waals surface area contributed by atoms with Crippen LogP contribution < -0.4 is 0 Å². The van der Waals surface area contributed by atoms with Crippen molar-refractivity contribution < 1.29 is 0 Å². The van der Waals surface area contributed by atoms with Crippen LogP contribution in [0.2, 0.25) is 0 Å². The van der Waals surface area contributed by atoms with Crippen LogP contribution in [0.25, 0.3) is 110 Å². The number of rotatable bonds is 4. The molecule has 0 spiro atoms. The molecule has 2 aliphatic rings. The largest absolute Gasteiger partial charge is 0.309 e. The number of fused-ring (bicyclic) bond motifs is 13. The van der Waals surface area contributed by atoms with Crippen molar-refractivity contribution in [1.82, 2.24) is 9.13 Å². The van der Waals surface area contributed by atoms with Crippen molar-refractivity contribution in [1.29, 1.82) is 0 Å². The highest BCUT2D eigenvalue weighted by molar-refractivity contribution is 6.15. The normalized spacial score (nSPS) is 14.3. The fraction of sp³-hybridized carbons (Fsp3) is 0.0938. The summed E-state index contributed by atoms with van der Waals surface area (Å²) in [5.41, 5.74) is 23.0. The summed E-state index contributed by atoms with van der Waals surface area (Å²) in [5, 5.41) is 7.54. The van der Waals surface area contributed by atoms with Crippen molar-refractivity contribution in [2.75, 3.05) is 0 Å². The van der Waals surface area contributed by atoms with Crippen LogP contribution in [0.3, 0.4) is 0 Å². The average molecular weight is 843 g/mol. The van der Waals surface area contributed by atoms with Crippen molar-refractivity contribution in [3.63, 3.8) is 0 Å². The van der Waals surface area contributed by atoms with Crippen LogP contribution in [0.15, 0.2) is 206 Å². The molecule has 0 atom stereocenters. The first-order chi connectivity index (χ1) is 32.3. The summed E-state index contributed by atoms with van der Waals surface area (Å²) in [5.74, 6) is 0. The van der Waals surface area contributed by atoms with Crippen LogP contribution in [0.5, 0.6) is 0 Å². The lowest BCUT2D eigenvalue weighted by Gasteiger charge is -2.22. The van der Waals surface area contributed by atoms with E-state index in [1.54, 1.807) is 0 Å². The van der Waals surface area contributed by atoms with E-state index in [4.69, 9.17) is 0 Å². The molecule has 0 saturated carbocycles. The molecule has 0 N–H and O–H groups in total. The van der Waals surface area contributed by atoms with E-state index in [0.29, 0.717) is 0 Å². The Morgan fingerprint density at radius 1 is 0.288 bits per heavy atom. The van der Waals surface area contributed by atoms with Crippen LogP contribution in [-0.4, -0.2) is 9.13 Å². The van der Waals surface area contributed by atoms with Gasteiger partial charge in [-0.2, -0.15) is 0 Å². The van der Waals surface area contributed by atoms with E-state index < -0.39 is 0 Å². The van der Waals surface area contributed by atoms with Gasteiger partial charge in [-0.3, -0.25) is 0 Å². The molecule has 10 aromatic carbocycles. The molecule has 2 heterocycles. The zero-order chi connectivity index (χ0) is 44.1. The van der Waals surface area contributed by atoms with E-state index >= 15 is 0 Å². The molecule has 2 aliphatic carbocycles. The second-order valence-electron chi connectivity index (χ2n) is 19.7. The molecule has 0 bridgehead atoms. The fourth-order valence-electron chi connectivity index (χ4n) is 12.3. The monoisotopic (exact) mass is 842 g/mol. The Morgan fingerprint density at radius 3 is 1.17 bits per heavy atom. The maximum Gasteiger partial charge on any atom is 0.0541 e. The van der Waals surface area contributed by atoms with Gasteiger partial charge in [-0.25, -0.2) is 0 Å². The van der Waals surface area contributed by atoms with Gasteiger partial charge in [-0.1, -0.05) is 173 Å². The standard InChI is InChI=1S/C64H46N2/c1-63(2)54-23-9-5-17-46(54)48-31-29-42(37-56(48)63)65-58-25-11-7-19-50(58)52-35-40(27-33-60(52)65)44-21-13-15-39-16-14-22-45(62(39)44)41-28-34-61-53(36-41)51-20-8-12-26-59(51)66(61)43-30-32-49-47-18-6-10-24-55(47)64(3,4)57(49)38-43/h5-38H,1-4H3. The topological polar surface area (TPSA) is 9.86 Å². The maximum atomic E-state index is 2.47. The smallest absolute Gasteiger partial charge is 0.0541 e. The first-order valence-corrected chi connectivity index (χ1v) is 23.3. The van der Waals surface area contributed by atoms with Crippen LogP contribution in [-0.2, 0) is 10.8 Å². The summed E-state index contributed by atoms with van der Waals surface area (Å²) in [6.45, 7) is 9.46. The summed E-state index contributed by atoms with van der Waals surface area (Å²) in [7, 11) is 0. The Labute approximate surface area is 384 Å². The van der Waals surface area contributed by atoms with Gasteiger partial charge in [0.25, 0.3) is 0 Å². The second-order valence-corrected chi connectivity index (χ2v) is 19.7. The lowest BCUT2D eigenvalue weighted by molar-refractivity contribution is 0.660. The average Bonchev–Trinajstić information content (AvgIpc) is 4.02. The third-order valence-electron chi connectivity index (χ3n) is 15.5. The van der Waals surface area contributed by atoms with Crippen molar-refractivity contribution in [2.45, 2.75) is 38.5 Å². The highest BCUT2D eigenvalue weighted by atomic mass is 15.0. The van der Waals surface area contributed by atoms with Gasteiger partial charge in [0, 0.05) is 43.7 Å². The first kappa shape index (κ1) is 37.4. The summed E-state index contributed by atoms with van der Waals surface area (Å²) < 4.78 is 4.94. The SMILES string of the molecule is CC1(C)c2ccccc2-c2ccc(-n3c4ccccc4c4cc(-c5cccc6cccc(-c7ccc8c(c7)c7ccccc7n8-c7ccc8c(c7)C(C)(C)c7ccccc7-8)c56)ccc43)cc21. The Morgan fingerprint density at radius 2 is 0.682 bits per heavy atom. The zero-order valence-electron chi connectivity index (χ0n) is 37.5. The minimum atomic E-state index is -0.0747. The van der Waals surface area contributed by atoms with E-state index in [0.717, 1.165) is 0 Å².